The Balaban J connectivity index is 2.33. The minimum absolute atomic E-state index is 0.325. The van der Waals surface area contributed by atoms with Gasteiger partial charge in [0.2, 0.25) is 0 Å². The Bertz CT molecular complexity index is 590. The van der Waals surface area contributed by atoms with Crippen molar-refractivity contribution in [3.63, 3.8) is 0 Å². The van der Waals surface area contributed by atoms with Gasteiger partial charge in [-0.05, 0) is 36.0 Å². The van der Waals surface area contributed by atoms with Gasteiger partial charge in [-0.1, -0.05) is 56.3 Å². The van der Waals surface area contributed by atoms with Gasteiger partial charge in [-0.2, -0.15) is 0 Å². The first-order valence-electron chi connectivity index (χ1n) is 7.01. The van der Waals surface area contributed by atoms with Crippen LogP contribution in [0.1, 0.15) is 42.2 Å². The smallest absolute Gasteiger partial charge is 0.132 e. The van der Waals surface area contributed by atoms with Crippen LogP contribution in [-0.2, 0) is 6.42 Å². The molecule has 0 aliphatic heterocycles. The molecule has 0 spiro atoms. The first-order chi connectivity index (χ1) is 9.49. The van der Waals surface area contributed by atoms with E-state index < -0.39 is 6.10 Å². The second kappa shape index (κ2) is 6.19. The van der Waals surface area contributed by atoms with Crippen molar-refractivity contribution in [1.29, 1.82) is 0 Å². The molecule has 1 unspecified atom stereocenters. The Kier molecular flexibility index (Phi) is 4.56. The number of hydrogen-bond acceptors (Lipinski definition) is 1. The van der Waals surface area contributed by atoms with Crippen LogP contribution in [0.4, 0.5) is 4.39 Å². The van der Waals surface area contributed by atoms with Gasteiger partial charge in [0.25, 0.3) is 0 Å². The van der Waals surface area contributed by atoms with Crippen LogP contribution in [0.2, 0.25) is 0 Å². The van der Waals surface area contributed by atoms with Crippen LogP contribution >= 0.6 is 0 Å². The van der Waals surface area contributed by atoms with Crippen LogP contribution in [0.25, 0.3) is 0 Å². The number of rotatable bonds is 4. The molecule has 0 aliphatic carbocycles. The Hall–Kier alpha value is -1.67. The van der Waals surface area contributed by atoms with Crippen molar-refractivity contribution in [2.24, 2.45) is 5.92 Å². The van der Waals surface area contributed by atoms with E-state index in [0.717, 1.165) is 12.0 Å². The fourth-order valence-electron chi connectivity index (χ4n) is 2.42. The van der Waals surface area contributed by atoms with Crippen molar-refractivity contribution in [2.75, 3.05) is 0 Å². The van der Waals surface area contributed by atoms with Crippen molar-refractivity contribution in [1.82, 2.24) is 0 Å². The molecule has 0 amide bonds. The zero-order chi connectivity index (χ0) is 14.7. The van der Waals surface area contributed by atoms with Crippen molar-refractivity contribution >= 4 is 0 Å². The molecule has 1 N–H and O–H groups in total. The summed E-state index contributed by atoms with van der Waals surface area (Å²) in [6.45, 7) is 6.02. The number of aryl methyl sites for hydroxylation is 1. The highest BCUT2D eigenvalue weighted by Gasteiger charge is 2.16. The van der Waals surface area contributed by atoms with E-state index in [-0.39, 0.29) is 5.82 Å². The molecule has 0 bridgehead atoms. The van der Waals surface area contributed by atoms with Gasteiger partial charge in [0.1, 0.15) is 11.9 Å². The highest BCUT2D eigenvalue weighted by atomic mass is 19.1. The van der Waals surface area contributed by atoms with Crippen LogP contribution in [0.3, 0.4) is 0 Å². The summed E-state index contributed by atoms with van der Waals surface area (Å²) in [4.78, 5) is 0. The van der Waals surface area contributed by atoms with Gasteiger partial charge in [-0.25, -0.2) is 4.39 Å². The highest BCUT2D eigenvalue weighted by Crippen LogP contribution is 2.26. The molecule has 0 saturated carbocycles. The molecule has 0 radical (unpaired) electrons. The summed E-state index contributed by atoms with van der Waals surface area (Å²) in [6.07, 6.45) is 0.0404. The Morgan fingerprint density at radius 2 is 1.80 bits per heavy atom. The van der Waals surface area contributed by atoms with Gasteiger partial charge < -0.3 is 5.11 Å². The van der Waals surface area contributed by atoms with Gasteiger partial charge in [0.15, 0.2) is 0 Å². The van der Waals surface area contributed by atoms with E-state index in [1.165, 1.54) is 5.56 Å². The van der Waals surface area contributed by atoms with E-state index in [0.29, 0.717) is 17.0 Å². The third-order valence-corrected chi connectivity index (χ3v) is 3.43. The van der Waals surface area contributed by atoms with Gasteiger partial charge >= 0.3 is 0 Å². The number of aliphatic hydroxyl groups excluding tert-OH is 1. The maximum absolute atomic E-state index is 14.1. The lowest BCUT2D eigenvalue weighted by atomic mass is 9.95. The average molecular weight is 272 g/mol. The fourth-order valence-corrected chi connectivity index (χ4v) is 2.42. The summed E-state index contributed by atoms with van der Waals surface area (Å²) in [7, 11) is 0. The Labute approximate surface area is 120 Å². The minimum Gasteiger partial charge on any atom is -0.384 e. The van der Waals surface area contributed by atoms with Crippen molar-refractivity contribution in [3.05, 3.63) is 70.5 Å². The van der Waals surface area contributed by atoms with Gasteiger partial charge in [0, 0.05) is 5.56 Å². The molecule has 0 heterocycles. The lowest BCUT2D eigenvalue weighted by molar-refractivity contribution is 0.214. The van der Waals surface area contributed by atoms with Crippen molar-refractivity contribution in [3.8, 4) is 0 Å². The summed E-state index contributed by atoms with van der Waals surface area (Å²) in [6, 6.07) is 12.9. The molecule has 0 aromatic heterocycles. The second-order valence-electron chi connectivity index (χ2n) is 5.72. The standard InChI is InChI=1S/C18H21FO/c1-12(2)10-14-7-5-8-15(11-14)18(20)16-9-4-6-13(3)17(16)19/h4-9,11-12,18,20H,10H2,1-3H3. The van der Waals surface area contributed by atoms with E-state index in [1.54, 1.807) is 25.1 Å². The normalized spacial score (nSPS) is 12.7. The Morgan fingerprint density at radius 1 is 1.10 bits per heavy atom. The summed E-state index contributed by atoms with van der Waals surface area (Å²) in [5, 5.41) is 10.4. The molecule has 2 aromatic rings. The number of halogens is 1. The third-order valence-electron chi connectivity index (χ3n) is 3.43. The minimum atomic E-state index is -0.915. The number of benzene rings is 2. The van der Waals surface area contributed by atoms with Gasteiger partial charge in [0.05, 0.1) is 0 Å². The molecule has 2 heteroatoms. The highest BCUT2D eigenvalue weighted by molar-refractivity contribution is 5.35. The predicted molar refractivity (Wildman–Crippen MR) is 80.2 cm³/mol. The molecule has 106 valence electrons. The van der Waals surface area contributed by atoms with Gasteiger partial charge in [-0.15, -0.1) is 0 Å². The summed E-state index contributed by atoms with van der Waals surface area (Å²) >= 11 is 0. The number of aliphatic hydroxyl groups is 1. The van der Waals surface area contributed by atoms with E-state index in [2.05, 4.69) is 13.8 Å². The molecular formula is C18H21FO. The largest absolute Gasteiger partial charge is 0.384 e. The molecule has 1 atom stereocenters. The summed E-state index contributed by atoms with van der Waals surface area (Å²) < 4.78 is 14.1. The maximum atomic E-state index is 14.1. The molecule has 1 nitrogen and oxygen atoms in total. The first kappa shape index (κ1) is 14.7. The molecular weight excluding hydrogens is 251 g/mol. The zero-order valence-corrected chi connectivity index (χ0v) is 12.2. The second-order valence-corrected chi connectivity index (χ2v) is 5.72. The van der Waals surface area contributed by atoms with Crippen molar-refractivity contribution in [2.45, 2.75) is 33.3 Å². The molecule has 2 aromatic carbocycles. The van der Waals surface area contributed by atoms with Crippen LogP contribution < -0.4 is 0 Å². The molecule has 2 rings (SSSR count). The topological polar surface area (TPSA) is 20.2 Å². The first-order valence-corrected chi connectivity index (χ1v) is 7.01. The van der Waals surface area contributed by atoms with Crippen LogP contribution in [0, 0.1) is 18.7 Å². The Morgan fingerprint density at radius 3 is 2.50 bits per heavy atom. The van der Waals surface area contributed by atoms with Crippen LogP contribution in [0.5, 0.6) is 0 Å². The lowest BCUT2D eigenvalue weighted by Crippen LogP contribution is -2.05. The van der Waals surface area contributed by atoms with Crippen LogP contribution in [0.15, 0.2) is 42.5 Å². The summed E-state index contributed by atoms with van der Waals surface area (Å²) in [5.74, 6) is 0.229. The summed E-state index contributed by atoms with van der Waals surface area (Å²) in [5.41, 5.74) is 2.81. The van der Waals surface area contributed by atoms with E-state index in [1.807, 2.05) is 24.3 Å². The van der Waals surface area contributed by atoms with Crippen molar-refractivity contribution < 1.29 is 9.50 Å². The average Bonchev–Trinajstić information content (AvgIpc) is 2.41. The van der Waals surface area contributed by atoms with Crippen LogP contribution in [-0.4, -0.2) is 5.11 Å². The van der Waals surface area contributed by atoms with E-state index >= 15 is 0 Å². The van der Waals surface area contributed by atoms with Gasteiger partial charge in [-0.3, -0.25) is 0 Å². The fraction of sp³-hybridized carbons (Fsp3) is 0.333. The maximum Gasteiger partial charge on any atom is 0.132 e. The quantitative estimate of drug-likeness (QED) is 0.873. The van der Waals surface area contributed by atoms with E-state index in [9.17, 15) is 9.50 Å². The monoisotopic (exact) mass is 272 g/mol. The molecule has 0 fully saturated rings. The molecule has 0 saturated heterocycles. The number of hydrogen-bond donors (Lipinski definition) is 1. The molecule has 20 heavy (non-hydrogen) atoms. The predicted octanol–water partition coefficient (Wildman–Crippen LogP) is 4.41. The SMILES string of the molecule is Cc1cccc(C(O)c2cccc(CC(C)C)c2)c1F. The molecule has 0 aliphatic rings. The zero-order valence-electron chi connectivity index (χ0n) is 12.2. The third kappa shape index (κ3) is 3.26. The van der Waals surface area contributed by atoms with E-state index in [4.69, 9.17) is 0 Å². The lowest BCUT2D eigenvalue weighted by Gasteiger charge is -2.15.